The fraction of sp³-hybridized carbons (Fsp3) is 0.292. The Hall–Kier alpha value is -3.61. The number of nitrogens with zero attached hydrogens (tertiary/aromatic N) is 3. The van der Waals surface area contributed by atoms with E-state index in [1.165, 1.54) is 4.90 Å². The van der Waals surface area contributed by atoms with E-state index in [4.69, 9.17) is 9.26 Å². The molecule has 1 fully saturated rings. The van der Waals surface area contributed by atoms with Gasteiger partial charge in [0.05, 0.1) is 7.11 Å². The van der Waals surface area contributed by atoms with Crippen molar-refractivity contribution in [2.24, 2.45) is 0 Å². The van der Waals surface area contributed by atoms with E-state index in [0.29, 0.717) is 18.1 Å². The second-order valence-electron chi connectivity index (χ2n) is 7.54. The van der Waals surface area contributed by atoms with Crippen molar-refractivity contribution < 1.29 is 18.8 Å². The van der Waals surface area contributed by atoms with Crippen molar-refractivity contribution >= 4 is 11.8 Å². The molecule has 7 heteroatoms. The highest BCUT2D eigenvalue weighted by molar-refractivity contribution is 5.95. The minimum atomic E-state index is -0.339. The fourth-order valence-corrected chi connectivity index (χ4v) is 3.68. The second kappa shape index (κ2) is 9.47. The number of amides is 2. The molecule has 7 nitrogen and oxygen atoms in total. The molecule has 2 aromatic carbocycles. The minimum absolute atomic E-state index is 0.00901. The molecule has 1 saturated heterocycles. The van der Waals surface area contributed by atoms with Gasteiger partial charge < -0.3 is 19.1 Å². The van der Waals surface area contributed by atoms with Crippen LogP contribution in [0.2, 0.25) is 0 Å². The molecule has 0 unspecified atom stereocenters. The molecule has 1 aliphatic rings. The Labute approximate surface area is 181 Å². The van der Waals surface area contributed by atoms with Gasteiger partial charge in [-0.1, -0.05) is 47.6 Å². The lowest BCUT2D eigenvalue weighted by molar-refractivity contribution is -0.130. The van der Waals surface area contributed by atoms with Gasteiger partial charge >= 0.3 is 0 Å². The largest absolute Gasteiger partial charge is 0.497 e. The lowest BCUT2D eigenvalue weighted by Gasteiger charge is -2.24. The van der Waals surface area contributed by atoms with Crippen molar-refractivity contribution in [1.82, 2.24) is 15.0 Å². The predicted octanol–water partition coefficient (Wildman–Crippen LogP) is 3.62. The van der Waals surface area contributed by atoms with Crippen LogP contribution in [0, 0.1) is 0 Å². The maximum atomic E-state index is 13.3. The monoisotopic (exact) mass is 419 g/mol. The molecule has 0 bridgehead atoms. The van der Waals surface area contributed by atoms with Crippen LogP contribution in [0.15, 0.2) is 65.2 Å². The summed E-state index contributed by atoms with van der Waals surface area (Å²) in [5.41, 5.74) is 1.87. The maximum absolute atomic E-state index is 13.3. The summed E-state index contributed by atoms with van der Waals surface area (Å²) >= 11 is 0. The van der Waals surface area contributed by atoms with Crippen LogP contribution in [-0.4, -0.2) is 53.5 Å². The molecule has 0 atom stereocenters. The highest BCUT2D eigenvalue weighted by Gasteiger charge is 2.26. The van der Waals surface area contributed by atoms with E-state index in [2.05, 4.69) is 5.16 Å². The average molecular weight is 419 g/mol. The summed E-state index contributed by atoms with van der Waals surface area (Å²) in [7, 11) is 1.59. The average Bonchev–Trinajstić information content (AvgIpc) is 3.51. The third-order valence-electron chi connectivity index (χ3n) is 5.37. The summed E-state index contributed by atoms with van der Waals surface area (Å²) in [6, 6.07) is 18.6. The van der Waals surface area contributed by atoms with Crippen LogP contribution in [0.1, 0.15) is 28.9 Å². The number of carbonyl (C=O) groups is 2. The normalized spacial score (nSPS) is 13.3. The molecule has 4 rings (SSSR count). The first-order chi connectivity index (χ1) is 15.1. The molecule has 0 aliphatic carbocycles. The topological polar surface area (TPSA) is 75.9 Å². The molecule has 31 heavy (non-hydrogen) atoms. The molecule has 0 spiro atoms. The number of carbonyl (C=O) groups excluding carboxylic acids is 2. The highest BCUT2D eigenvalue weighted by atomic mass is 16.5. The lowest BCUT2D eigenvalue weighted by atomic mass is 10.1. The van der Waals surface area contributed by atoms with Crippen LogP contribution in [-0.2, 0) is 11.3 Å². The van der Waals surface area contributed by atoms with E-state index in [-0.39, 0.29) is 24.1 Å². The first-order valence-electron chi connectivity index (χ1n) is 10.4. The van der Waals surface area contributed by atoms with Crippen LogP contribution >= 0.6 is 0 Å². The number of benzene rings is 2. The quantitative estimate of drug-likeness (QED) is 0.585. The zero-order chi connectivity index (χ0) is 21.6. The molecule has 1 aromatic heterocycles. The molecule has 2 heterocycles. The Morgan fingerprint density at radius 3 is 2.58 bits per heavy atom. The van der Waals surface area contributed by atoms with Crippen LogP contribution in [0.25, 0.3) is 11.3 Å². The number of aromatic nitrogens is 1. The molecular formula is C24H25N3O4. The zero-order valence-electron chi connectivity index (χ0n) is 17.5. The number of likely N-dealkylation sites (tertiary alicyclic amines) is 1. The summed E-state index contributed by atoms with van der Waals surface area (Å²) in [6.45, 7) is 1.82. The van der Waals surface area contributed by atoms with E-state index in [1.807, 2.05) is 59.5 Å². The van der Waals surface area contributed by atoms with Gasteiger partial charge in [0.2, 0.25) is 5.91 Å². The Morgan fingerprint density at radius 2 is 1.84 bits per heavy atom. The first kappa shape index (κ1) is 20.7. The molecule has 0 N–H and O–H groups in total. The van der Waals surface area contributed by atoms with E-state index < -0.39 is 0 Å². The predicted molar refractivity (Wildman–Crippen MR) is 115 cm³/mol. The summed E-state index contributed by atoms with van der Waals surface area (Å²) < 4.78 is 10.7. The Bertz CT molecular complexity index is 1040. The van der Waals surface area contributed by atoms with Gasteiger partial charge in [0.15, 0.2) is 11.5 Å². The van der Waals surface area contributed by atoms with E-state index in [9.17, 15) is 9.59 Å². The second-order valence-corrected chi connectivity index (χ2v) is 7.54. The van der Waals surface area contributed by atoms with Crippen molar-refractivity contribution in [2.75, 3.05) is 26.7 Å². The van der Waals surface area contributed by atoms with Gasteiger partial charge in [0, 0.05) is 31.3 Å². The van der Waals surface area contributed by atoms with Crippen molar-refractivity contribution in [3.05, 3.63) is 71.9 Å². The molecule has 1 aliphatic heterocycles. The molecule has 2 amide bonds. The Kier molecular flexibility index (Phi) is 6.31. The third-order valence-corrected chi connectivity index (χ3v) is 5.37. The summed E-state index contributed by atoms with van der Waals surface area (Å²) in [5.74, 6) is 0.768. The first-order valence-corrected chi connectivity index (χ1v) is 10.4. The lowest BCUT2D eigenvalue weighted by Crippen LogP contribution is -2.41. The van der Waals surface area contributed by atoms with Gasteiger partial charge in [0.1, 0.15) is 12.3 Å². The summed E-state index contributed by atoms with van der Waals surface area (Å²) in [5, 5.41) is 3.98. The van der Waals surface area contributed by atoms with Crippen molar-refractivity contribution in [2.45, 2.75) is 19.4 Å². The smallest absolute Gasteiger partial charge is 0.276 e. The molecule has 0 saturated carbocycles. The van der Waals surface area contributed by atoms with E-state index >= 15 is 0 Å². The zero-order valence-corrected chi connectivity index (χ0v) is 17.5. The van der Waals surface area contributed by atoms with E-state index in [1.54, 1.807) is 13.2 Å². The van der Waals surface area contributed by atoms with Crippen molar-refractivity contribution in [3.8, 4) is 17.1 Å². The highest BCUT2D eigenvalue weighted by Crippen LogP contribution is 2.25. The molecular weight excluding hydrogens is 394 g/mol. The van der Waals surface area contributed by atoms with Gasteiger partial charge in [0.25, 0.3) is 5.91 Å². The molecule has 3 aromatic rings. The van der Waals surface area contributed by atoms with Crippen LogP contribution in [0.5, 0.6) is 5.75 Å². The Balaban J connectivity index is 1.56. The van der Waals surface area contributed by atoms with Crippen molar-refractivity contribution in [1.29, 1.82) is 0 Å². The van der Waals surface area contributed by atoms with Gasteiger partial charge in [-0.3, -0.25) is 9.59 Å². The van der Waals surface area contributed by atoms with Gasteiger partial charge in [-0.05, 0) is 30.5 Å². The Morgan fingerprint density at radius 1 is 1.06 bits per heavy atom. The van der Waals surface area contributed by atoms with Gasteiger partial charge in [-0.2, -0.15) is 0 Å². The van der Waals surface area contributed by atoms with Crippen LogP contribution in [0.3, 0.4) is 0 Å². The number of ether oxygens (including phenoxy) is 1. The van der Waals surface area contributed by atoms with Crippen LogP contribution in [0.4, 0.5) is 0 Å². The van der Waals surface area contributed by atoms with Gasteiger partial charge in [-0.25, -0.2) is 0 Å². The summed E-state index contributed by atoms with van der Waals surface area (Å²) in [6.07, 6.45) is 2.01. The molecule has 160 valence electrons. The van der Waals surface area contributed by atoms with Gasteiger partial charge in [-0.15, -0.1) is 0 Å². The van der Waals surface area contributed by atoms with Crippen LogP contribution < -0.4 is 4.74 Å². The minimum Gasteiger partial charge on any atom is -0.497 e. The standard InChI is InChI=1S/C24H25N3O4/c1-30-20-11-7-10-19(14-20)22-15-21(25-31-22)24(29)27(16-18-8-3-2-4-9-18)17-23(28)26-12-5-6-13-26/h2-4,7-11,14-15H,5-6,12-13,16-17H2,1H3. The SMILES string of the molecule is COc1cccc(-c2cc(C(=O)N(CC(=O)N3CCCC3)Cc3ccccc3)no2)c1. The maximum Gasteiger partial charge on any atom is 0.276 e. The summed E-state index contributed by atoms with van der Waals surface area (Å²) in [4.78, 5) is 29.4. The molecule has 0 radical (unpaired) electrons. The van der Waals surface area contributed by atoms with E-state index in [0.717, 1.165) is 37.1 Å². The number of hydrogen-bond donors (Lipinski definition) is 0. The third kappa shape index (κ3) is 4.94. The number of hydrogen-bond acceptors (Lipinski definition) is 5. The fourth-order valence-electron chi connectivity index (χ4n) is 3.68. The number of rotatable bonds is 7. The number of methoxy groups -OCH3 is 1. The van der Waals surface area contributed by atoms with Crippen molar-refractivity contribution in [3.63, 3.8) is 0 Å².